The summed E-state index contributed by atoms with van der Waals surface area (Å²) in [6.07, 6.45) is -1.01. The molecule has 1 aromatic rings. The monoisotopic (exact) mass is 239 g/mol. The molecule has 1 amide bonds. The maximum atomic E-state index is 10.9. The van der Waals surface area contributed by atoms with Gasteiger partial charge in [-0.2, -0.15) is 0 Å². The minimum atomic E-state index is -1.09. The molecule has 3 N–H and O–H groups in total. The zero-order chi connectivity index (χ0) is 13.0. The molecule has 0 saturated carbocycles. The van der Waals surface area contributed by atoms with Crippen molar-refractivity contribution < 1.29 is 24.2 Å². The van der Waals surface area contributed by atoms with Crippen LogP contribution in [0.15, 0.2) is 18.2 Å². The molecule has 1 aromatic carbocycles. The Morgan fingerprint density at radius 3 is 2.47 bits per heavy atom. The van der Waals surface area contributed by atoms with Gasteiger partial charge in [-0.15, -0.1) is 0 Å². The van der Waals surface area contributed by atoms with Crippen LogP contribution in [0.5, 0.6) is 11.5 Å². The van der Waals surface area contributed by atoms with Gasteiger partial charge < -0.3 is 20.3 Å². The molecule has 0 bridgehead atoms. The number of carbonyl (C=O) groups excluding carboxylic acids is 1. The summed E-state index contributed by atoms with van der Waals surface area (Å²) in [6.45, 7) is 1.39. The minimum absolute atomic E-state index is 0.243. The van der Waals surface area contributed by atoms with Gasteiger partial charge in [0.05, 0.1) is 7.11 Å². The van der Waals surface area contributed by atoms with Crippen molar-refractivity contribution in [3.8, 4) is 11.5 Å². The van der Waals surface area contributed by atoms with Gasteiger partial charge in [-0.1, -0.05) is 0 Å². The summed E-state index contributed by atoms with van der Waals surface area (Å²) in [4.78, 5) is 21.6. The molecule has 0 saturated heterocycles. The van der Waals surface area contributed by atoms with E-state index in [1.54, 1.807) is 0 Å². The predicted octanol–water partition coefficient (Wildman–Crippen LogP) is 0.646. The van der Waals surface area contributed by atoms with E-state index in [0.717, 1.165) is 0 Å². The summed E-state index contributed by atoms with van der Waals surface area (Å²) in [7, 11) is 1.39. The van der Waals surface area contributed by atoms with Gasteiger partial charge in [-0.25, -0.2) is 4.79 Å². The summed E-state index contributed by atoms with van der Waals surface area (Å²) in [5.74, 6) is -1.19. The Hall–Kier alpha value is -2.24. The second-order valence-electron chi connectivity index (χ2n) is 3.33. The largest absolute Gasteiger partial charge is 0.493 e. The molecule has 0 spiro atoms. The van der Waals surface area contributed by atoms with Crippen LogP contribution < -0.4 is 15.2 Å². The van der Waals surface area contributed by atoms with Crippen LogP contribution in [0.25, 0.3) is 0 Å². The Morgan fingerprint density at radius 1 is 1.35 bits per heavy atom. The van der Waals surface area contributed by atoms with E-state index in [1.807, 2.05) is 0 Å². The van der Waals surface area contributed by atoms with E-state index in [0.29, 0.717) is 0 Å². The lowest BCUT2D eigenvalue weighted by molar-refractivity contribution is -0.144. The molecular weight excluding hydrogens is 226 g/mol. The van der Waals surface area contributed by atoms with Crippen LogP contribution in [0.3, 0.4) is 0 Å². The van der Waals surface area contributed by atoms with E-state index >= 15 is 0 Å². The Labute approximate surface area is 97.9 Å². The van der Waals surface area contributed by atoms with Gasteiger partial charge in [0.15, 0.2) is 17.6 Å². The SMILES string of the molecule is COc1cc(C(N)=O)ccc1OC(C)C(=O)O. The second-order valence-corrected chi connectivity index (χ2v) is 3.33. The lowest BCUT2D eigenvalue weighted by Gasteiger charge is -2.14. The van der Waals surface area contributed by atoms with E-state index in [-0.39, 0.29) is 17.1 Å². The molecule has 0 heterocycles. The maximum absolute atomic E-state index is 10.9. The predicted molar refractivity (Wildman–Crippen MR) is 59.2 cm³/mol. The first-order valence-electron chi connectivity index (χ1n) is 4.83. The Kier molecular flexibility index (Phi) is 3.92. The van der Waals surface area contributed by atoms with Crippen LogP contribution in [0, 0.1) is 0 Å². The molecular formula is C11H13NO5. The normalized spacial score (nSPS) is 11.6. The Balaban J connectivity index is 3.00. The zero-order valence-electron chi connectivity index (χ0n) is 9.47. The summed E-state index contributed by atoms with van der Waals surface area (Å²) < 4.78 is 10.1. The number of rotatable bonds is 5. The molecule has 0 aromatic heterocycles. The highest BCUT2D eigenvalue weighted by molar-refractivity contribution is 5.93. The summed E-state index contributed by atoms with van der Waals surface area (Å²) >= 11 is 0. The number of hydrogen-bond donors (Lipinski definition) is 2. The number of carboxylic acids is 1. The van der Waals surface area contributed by atoms with E-state index in [2.05, 4.69) is 0 Å². The first-order chi connectivity index (χ1) is 7.95. The van der Waals surface area contributed by atoms with E-state index < -0.39 is 18.0 Å². The van der Waals surface area contributed by atoms with Crippen molar-refractivity contribution in [2.24, 2.45) is 5.73 Å². The van der Waals surface area contributed by atoms with Gasteiger partial charge in [0.1, 0.15) is 0 Å². The number of methoxy groups -OCH3 is 1. The van der Waals surface area contributed by atoms with Crippen LogP contribution in [0.1, 0.15) is 17.3 Å². The lowest BCUT2D eigenvalue weighted by atomic mass is 10.2. The van der Waals surface area contributed by atoms with Gasteiger partial charge in [-0.05, 0) is 25.1 Å². The number of hydrogen-bond acceptors (Lipinski definition) is 4. The number of primary amides is 1. The van der Waals surface area contributed by atoms with Crippen molar-refractivity contribution in [1.82, 2.24) is 0 Å². The van der Waals surface area contributed by atoms with Crippen LogP contribution in [-0.2, 0) is 4.79 Å². The van der Waals surface area contributed by atoms with E-state index in [1.165, 1.54) is 32.2 Å². The quantitative estimate of drug-likeness (QED) is 0.785. The van der Waals surface area contributed by atoms with Crippen molar-refractivity contribution in [1.29, 1.82) is 0 Å². The number of carboxylic acid groups (broad SMARTS) is 1. The van der Waals surface area contributed by atoms with Gasteiger partial charge >= 0.3 is 5.97 Å². The second kappa shape index (κ2) is 5.20. The van der Waals surface area contributed by atoms with E-state index in [9.17, 15) is 9.59 Å². The van der Waals surface area contributed by atoms with E-state index in [4.69, 9.17) is 20.3 Å². The number of benzene rings is 1. The topological polar surface area (TPSA) is 98.9 Å². The average molecular weight is 239 g/mol. The third-order valence-electron chi connectivity index (χ3n) is 2.10. The summed E-state index contributed by atoms with van der Waals surface area (Å²) in [5.41, 5.74) is 5.37. The molecule has 0 aliphatic carbocycles. The lowest BCUT2D eigenvalue weighted by Crippen LogP contribution is -2.23. The van der Waals surface area contributed by atoms with Crippen molar-refractivity contribution >= 4 is 11.9 Å². The molecule has 0 aliphatic heterocycles. The molecule has 1 unspecified atom stereocenters. The van der Waals surface area contributed by atoms with Crippen molar-refractivity contribution in [2.45, 2.75) is 13.0 Å². The highest BCUT2D eigenvalue weighted by Crippen LogP contribution is 2.28. The van der Waals surface area contributed by atoms with Crippen LogP contribution in [0.2, 0.25) is 0 Å². The fraction of sp³-hybridized carbons (Fsp3) is 0.273. The number of ether oxygens (including phenoxy) is 2. The van der Waals surface area contributed by atoms with Crippen molar-refractivity contribution in [3.05, 3.63) is 23.8 Å². The highest BCUT2D eigenvalue weighted by atomic mass is 16.5. The molecule has 92 valence electrons. The molecule has 0 radical (unpaired) electrons. The van der Waals surface area contributed by atoms with Crippen molar-refractivity contribution in [3.63, 3.8) is 0 Å². The highest BCUT2D eigenvalue weighted by Gasteiger charge is 2.16. The fourth-order valence-corrected chi connectivity index (χ4v) is 1.16. The third kappa shape index (κ3) is 3.10. The average Bonchev–Trinajstić information content (AvgIpc) is 2.28. The van der Waals surface area contributed by atoms with Crippen molar-refractivity contribution in [2.75, 3.05) is 7.11 Å². The number of aliphatic carboxylic acids is 1. The molecule has 1 atom stereocenters. The molecule has 0 fully saturated rings. The van der Waals surface area contributed by atoms with Gasteiger partial charge in [0.25, 0.3) is 0 Å². The van der Waals surface area contributed by atoms with Crippen LogP contribution in [-0.4, -0.2) is 30.2 Å². The third-order valence-corrected chi connectivity index (χ3v) is 2.10. The molecule has 0 aliphatic rings. The summed E-state index contributed by atoms with van der Waals surface area (Å²) in [5, 5.41) is 8.71. The fourth-order valence-electron chi connectivity index (χ4n) is 1.16. The molecule has 6 nitrogen and oxygen atoms in total. The Bertz CT molecular complexity index is 443. The first kappa shape index (κ1) is 12.8. The molecule has 6 heteroatoms. The standard InChI is InChI=1S/C11H13NO5/c1-6(11(14)15)17-8-4-3-7(10(12)13)5-9(8)16-2/h3-6H,1-2H3,(H2,12,13)(H,14,15). The summed E-state index contributed by atoms with van der Waals surface area (Å²) in [6, 6.07) is 4.28. The van der Waals surface area contributed by atoms with Crippen LogP contribution in [0.4, 0.5) is 0 Å². The van der Waals surface area contributed by atoms with Gasteiger partial charge in [0.2, 0.25) is 5.91 Å². The zero-order valence-corrected chi connectivity index (χ0v) is 9.47. The van der Waals surface area contributed by atoms with Gasteiger partial charge in [0, 0.05) is 5.56 Å². The smallest absolute Gasteiger partial charge is 0.344 e. The number of carbonyl (C=O) groups is 2. The number of amides is 1. The number of nitrogens with two attached hydrogens (primary N) is 1. The Morgan fingerprint density at radius 2 is 2.00 bits per heavy atom. The molecule has 1 rings (SSSR count). The van der Waals surface area contributed by atoms with Crippen LogP contribution >= 0.6 is 0 Å². The van der Waals surface area contributed by atoms with Gasteiger partial charge in [-0.3, -0.25) is 4.79 Å². The first-order valence-corrected chi connectivity index (χ1v) is 4.83. The molecule has 17 heavy (non-hydrogen) atoms. The minimum Gasteiger partial charge on any atom is -0.493 e. The maximum Gasteiger partial charge on any atom is 0.344 e.